The number of likely N-dealkylation sites (tertiary alicyclic amines) is 1. The van der Waals surface area contributed by atoms with E-state index in [1.807, 2.05) is 0 Å². The molecule has 11 heavy (non-hydrogen) atoms. The number of aliphatic hydroxyl groups excluding tert-OH is 1. The van der Waals surface area contributed by atoms with Gasteiger partial charge in [0.05, 0.1) is 6.10 Å². The first-order valence-corrected chi connectivity index (χ1v) is 4.53. The van der Waals surface area contributed by atoms with Gasteiger partial charge in [-0.3, -0.25) is 4.90 Å². The maximum absolute atomic E-state index is 9.29. The van der Waals surface area contributed by atoms with Gasteiger partial charge in [-0.2, -0.15) is 0 Å². The zero-order valence-electron chi connectivity index (χ0n) is 7.75. The molecule has 2 atom stereocenters. The lowest BCUT2D eigenvalue weighted by molar-refractivity contribution is 0.148. The lowest BCUT2D eigenvalue weighted by atomic mass is 10.1. The van der Waals surface area contributed by atoms with E-state index in [-0.39, 0.29) is 6.10 Å². The molecule has 0 amide bonds. The molecular formula is C9H19NO. The molecule has 0 aromatic heterocycles. The average Bonchev–Trinajstić information content (AvgIpc) is 2.34. The zero-order valence-corrected chi connectivity index (χ0v) is 7.75. The predicted octanol–water partition coefficient (Wildman–Crippen LogP) is 1.10. The van der Waals surface area contributed by atoms with Crippen LogP contribution in [0.5, 0.6) is 0 Å². The average molecular weight is 157 g/mol. The molecule has 66 valence electrons. The summed E-state index contributed by atoms with van der Waals surface area (Å²) in [7, 11) is 0. The summed E-state index contributed by atoms with van der Waals surface area (Å²) in [6, 6.07) is 0.618. The van der Waals surface area contributed by atoms with Crippen LogP contribution in [0.4, 0.5) is 0 Å². The second-order valence-electron chi connectivity index (χ2n) is 3.92. The Labute approximate surface area is 69.2 Å². The van der Waals surface area contributed by atoms with E-state index in [1.165, 1.54) is 0 Å². The Hall–Kier alpha value is -0.0800. The second-order valence-corrected chi connectivity index (χ2v) is 3.92. The van der Waals surface area contributed by atoms with Gasteiger partial charge in [0.15, 0.2) is 0 Å². The Morgan fingerprint density at radius 3 is 2.36 bits per heavy atom. The minimum Gasteiger partial charge on any atom is -0.392 e. The van der Waals surface area contributed by atoms with E-state index in [4.69, 9.17) is 0 Å². The quantitative estimate of drug-likeness (QED) is 0.649. The third-order valence-electron chi connectivity index (χ3n) is 2.74. The molecule has 0 aromatic carbocycles. The van der Waals surface area contributed by atoms with Gasteiger partial charge in [0, 0.05) is 19.1 Å². The molecule has 1 heterocycles. The van der Waals surface area contributed by atoms with Gasteiger partial charge in [-0.1, -0.05) is 13.8 Å². The monoisotopic (exact) mass is 157 g/mol. The summed E-state index contributed by atoms with van der Waals surface area (Å²) < 4.78 is 0. The molecule has 1 fully saturated rings. The molecule has 0 saturated carbocycles. The maximum atomic E-state index is 9.29. The summed E-state index contributed by atoms with van der Waals surface area (Å²) in [5.74, 6) is 0.695. The summed E-state index contributed by atoms with van der Waals surface area (Å²) >= 11 is 0. The second kappa shape index (κ2) is 3.55. The number of nitrogens with zero attached hydrogens (tertiary/aromatic N) is 1. The predicted molar refractivity (Wildman–Crippen MR) is 46.5 cm³/mol. The van der Waals surface area contributed by atoms with E-state index < -0.39 is 0 Å². The first-order chi connectivity index (χ1) is 5.11. The summed E-state index contributed by atoms with van der Waals surface area (Å²) in [6.45, 7) is 8.65. The summed E-state index contributed by atoms with van der Waals surface area (Å²) in [6.07, 6.45) is 0.882. The minimum atomic E-state index is -0.0730. The molecule has 0 aromatic rings. The van der Waals surface area contributed by atoms with E-state index in [0.717, 1.165) is 19.5 Å². The molecule has 2 nitrogen and oxygen atoms in total. The van der Waals surface area contributed by atoms with Gasteiger partial charge in [0.25, 0.3) is 0 Å². The molecule has 1 aliphatic heterocycles. The third kappa shape index (κ3) is 2.17. The lowest BCUT2D eigenvalue weighted by Gasteiger charge is -2.26. The Balaban J connectivity index is 2.36. The van der Waals surface area contributed by atoms with Gasteiger partial charge in [0.2, 0.25) is 0 Å². The first-order valence-electron chi connectivity index (χ1n) is 4.53. The van der Waals surface area contributed by atoms with Crippen LogP contribution < -0.4 is 0 Å². The van der Waals surface area contributed by atoms with E-state index in [9.17, 15) is 5.11 Å². The van der Waals surface area contributed by atoms with Crippen molar-refractivity contribution in [2.75, 3.05) is 13.1 Å². The Kier molecular flexibility index (Phi) is 2.90. The van der Waals surface area contributed by atoms with Crippen molar-refractivity contribution in [1.82, 2.24) is 4.90 Å². The molecule has 0 spiro atoms. The molecule has 1 unspecified atom stereocenters. The summed E-state index contributed by atoms with van der Waals surface area (Å²) in [5, 5.41) is 9.29. The highest BCUT2D eigenvalue weighted by Crippen LogP contribution is 2.17. The third-order valence-corrected chi connectivity index (χ3v) is 2.74. The summed E-state index contributed by atoms with van der Waals surface area (Å²) in [4.78, 5) is 2.37. The van der Waals surface area contributed by atoms with Crippen molar-refractivity contribution in [1.29, 1.82) is 0 Å². The molecule has 2 heteroatoms. The maximum Gasteiger partial charge on any atom is 0.0679 e. The minimum absolute atomic E-state index is 0.0730. The summed E-state index contributed by atoms with van der Waals surface area (Å²) in [5.41, 5.74) is 0. The van der Waals surface area contributed by atoms with Crippen LogP contribution in [-0.2, 0) is 0 Å². The van der Waals surface area contributed by atoms with Crippen molar-refractivity contribution >= 4 is 0 Å². The zero-order chi connectivity index (χ0) is 8.43. The number of hydrogen-bond donors (Lipinski definition) is 1. The fourth-order valence-electron chi connectivity index (χ4n) is 1.56. The van der Waals surface area contributed by atoms with Crippen molar-refractivity contribution in [3.8, 4) is 0 Å². The highest BCUT2D eigenvalue weighted by atomic mass is 16.3. The van der Waals surface area contributed by atoms with E-state index in [2.05, 4.69) is 25.7 Å². The smallest absolute Gasteiger partial charge is 0.0679 e. The van der Waals surface area contributed by atoms with Gasteiger partial charge >= 0.3 is 0 Å². The van der Waals surface area contributed by atoms with Gasteiger partial charge < -0.3 is 5.11 Å². The van der Waals surface area contributed by atoms with Crippen LogP contribution in [0.15, 0.2) is 0 Å². The molecule has 1 rings (SSSR count). The van der Waals surface area contributed by atoms with Crippen molar-refractivity contribution in [3.63, 3.8) is 0 Å². The van der Waals surface area contributed by atoms with Gasteiger partial charge in [-0.15, -0.1) is 0 Å². The first kappa shape index (κ1) is 9.01. The van der Waals surface area contributed by atoms with Crippen LogP contribution in [0, 0.1) is 5.92 Å². The molecule has 1 aliphatic rings. The van der Waals surface area contributed by atoms with Crippen LogP contribution in [-0.4, -0.2) is 35.2 Å². The van der Waals surface area contributed by atoms with E-state index in [0.29, 0.717) is 12.0 Å². The molecule has 1 saturated heterocycles. The van der Waals surface area contributed by atoms with E-state index >= 15 is 0 Å². The van der Waals surface area contributed by atoms with Crippen LogP contribution in [0.3, 0.4) is 0 Å². The number of β-amino-alcohol motifs (C(OH)–C–C–N with tert-alkyl or cyclic N) is 1. The van der Waals surface area contributed by atoms with Gasteiger partial charge in [0.1, 0.15) is 0 Å². The van der Waals surface area contributed by atoms with Crippen LogP contribution >= 0.6 is 0 Å². The van der Waals surface area contributed by atoms with Crippen LogP contribution in [0.25, 0.3) is 0 Å². The van der Waals surface area contributed by atoms with Crippen molar-refractivity contribution < 1.29 is 5.11 Å². The highest BCUT2D eigenvalue weighted by Gasteiger charge is 2.25. The van der Waals surface area contributed by atoms with Crippen molar-refractivity contribution in [3.05, 3.63) is 0 Å². The lowest BCUT2D eigenvalue weighted by Crippen LogP contribution is -2.35. The Morgan fingerprint density at radius 1 is 1.36 bits per heavy atom. The Bertz CT molecular complexity index is 125. The van der Waals surface area contributed by atoms with Crippen molar-refractivity contribution in [2.45, 2.75) is 39.3 Å². The molecule has 1 N–H and O–H groups in total. The molecular weight excluding hydrogens is 138 g/mol. The molecule has 0 radical (unpaired) electrons. The van der Waals surface area contributed by atoms with Crippen molar-refractivity contribution in [2.24, 2.45) is 5.92 Å². The molecule has 0 aliphatic carbocycles. The largest absolute Gasteiger partial charge is 0.392 e. The van der Waals surface area contributed by atoms with Gasteiger partial charge in [-0.05, 0) is 19.3 Å². The Morgan fingerprint density at radius 2 is 2.00 bits per heavy atom. The SMILES string of the molecule is CC(C)C(C)N1CC[C@@H](O)C1. The highest BCUT2D eigenvalue weighted by molar-refractivity contribution is 4.79. The standard InChI is InChI=1S/C9H19NO/c1-7(2)8(3)10-5-4-9(11)6-10/h7-9,11H,4-6H2,1-3H3/t8?,9-/m1/s1. The fraction of sp³-hybridized carbons (Fsp3) is 1.00. The van der Waals surface area contributed by atoms with Crippen LogP contribution in [0.2, 0.25) is 0 Å². The number of hydrogen-bond acceptors (Lipinski definition) is 2. The van der Waals surface area contributed by atoms with Gasteiger partial charge in [-0.25, -0.2) is 0 Å². The normalized spacial score (nSPS) is 29.7. The topological polar surface area (TPSA) is 23.5 Å². The fourth-order valence-corrected chi connectivity index (χ4v) is 1.56. The molecule has 0 bridgehead atoms. The van der Waals surface area contributed by atoms with Crippen LogP contribution in [0.1, 0.15) is 27.2 Å². The number of rotatable bonds is 2. The number of aliphatic hydroxyl groups is 1. The van der Waals surface area contributed by atoms with E-state index in [1.54, 1.807) is 0 Å².